The van der Waals surface area contributed by atoms with Crippen LogP contribution in [0.3, 0.4) is 0 Å². The van der Waals surface area contributed by atoms with E-state index in [4.69, 9.17) is 4.74 Å². The maximum atomic E-state index is 12.2. The second kappa shape index (κ2) is 8.77. The number of amides is 1. The minimum Gasteiger partial charge on any atom is -0.423 e. The zero-order valence-electron chi connectivity index (χ0n) is 15.7. The first-order chi connectivity index (χ1) is 13.5. The second-order valence-electron chi connectivity index (χ2n) is 6.34. The number of rotatable bonds is 5. The summed E-state index contributed by atoms with van der Waals surface area (Å²) in [5, 5.41) is 3.96. The molecule has 3 aromatic rings. The summed E-state index contributed by atoms with van der Waals surface area (Å²) < 4.78 is 5.39. The maximum absolute atomic E-state index is 12.2. The predicted octanol–water partition coefficient (Wildman–Crippen LogP) is 4.29. The topological polar surface area (TPSA) is 67.8 Å². The molecule has 1 amide bonds. The number of carbonyl (C=O) groups is 2. The van der Waals surface area contributed by atoms with Gasteiger partial charge in [0.15, 0.2) is 0 Å². The van der Waals surface area contributed by atoms with Gasteiger partial charge in [-0.15, -0.1) is 0 Å². The van der Waals surface area contributed by atoms with E-state index in [9.17, 15) is 9.59 Å². The molecule has 0 atom stereocenters. The highest BCUT2D eigenvalue weighted by Crippen LogP contribution is 2.15. The quantitative estimate of drug-likeness (QED) is 0.314. The number of benzene rings is 3. The Morgan fingerprint density at radius 1 is 0.893 bits per heavy atom. The first kappa shape index (κ1) is 19.0. The average Bonchev–Trinajstić information content (AvgIpc) is 2.70. The lowest BCUT2D eigenvalue weighted by Gasteiger charge is -2.06. The number of nitrogens with zero attached hydrogens (tertiary/aromatic N) is 1. The van der Waals surface area contributed by atoms with E-state index in [1.165, 1.54) is 6.21 Å². The van der Waals surface area contributed by atoms with Crippen LogP contribution in [-0.2, 0) is 0 Å². The van der Waals surface area contributed by atoms with E-state index in [-0.39, 0.29) is 5.91 Å². The van der Waals surface area contributed by atoms with Crippen LogP contribution in [0, 0.1) is 13.8 Å². The summed E-state index contributed by atoms with van der Waals surface area (Å²) in [5.74, 6) is -0.237. The second-order valence-corrected chi connectivity index (χ2v) is 6.34. The molecule has 0 radical (unpaired) electrons. The highest BCUT2D eigenvalue weighted by molar-refractivity contribution is 5.95. The van der Waals surface area contributed by atoms with Crippen molar-refractivity contribution >= 4 is 18.1 Å². The first-order valence-corrected chi connectivity index (χ1v) is 8.81. The third kappa shape index (κ3) is 4.92. The lowest BCUT2D eigenvalue weighted by molar-refractivity contribution is 0.0733. The van der Waals surface area contributed by atoms with Crippen LogP contribution >= 0.6 is 0 Å². The van der Waals surface area contributed by atoms with Gasteiger partial charge in [-0.1, -0.05) is 35.9 Å². The molecule has 0 saturated carbocycles. The molecule has 0 aliphatic heterocycles. The molecular weight excluding hydrogens is 352 g/mol. The summed E-state index contributed by atoms with van der Waals surface area (Å²) in [6, 6.07) is 21.4. The molecule has 0 bridgehead atoms. The minimum atomic E-state index is -0.398. The Kier molecular flexibility index (Phi) is 5.97. The van der Waals surface area contributed by atoms with Crippen LogP contribution in [0.4, 0.5) is 0 Å². The van der Waals surface area contributed by atoms with Gasteiger partial charge in [0.25, 0.3) is 5.91 Å². The number of aryl methyl sites for hydroxylation is 2. The van der Waals surface area contributed by atoms with Crippen LogP contribution < -0.4 is 10.2 Å². The first-order valence-electron chi connectivity index (χ1n) is 8.81. The molecular formula is C23H20N2O3. The third-order valence-corrected chi connectivity index (χ3v) is 4.15. The Bertz CT molecular complexity index is 1010. The van der Waals surface area contributed by atoms with Crippen LogP contribution in [0.15, 0.2) is 77.9 Å². The summed E-state index contributed by atoms with van der Waals surface area (Å²) in [4.78, 5) is 24.2. The van der Waals surface area contributed by atoms with Crippen LogP contribution in [-0.4, -0.2) is 18.1 Å². The molecule has 28 heavy (non-hydrogen) atoms. The van der Waals surface area contributed by atoms with Gasteiger partial charge in [-0.25, -0.2) is 10.2 Å². The van der Waals surface area contributed by atoms with E-state index in [1.807, 2.05) is 38.1 Å². The van der Waals surface area contributed by atoms with Gasteiger partial charge in [0.05, 0.1) is 11.8 Å². The molecule has 0 unspecified atom stereocenters. The molecule has 3 aromatic carbocycles. The van der Waals surface area contributed by atoms with Gasteiger partial charge < -0.3 is 4.74 Å². The minimum absolute atomic E-state index is 0.278. The molecule has 0 aromatic heterocycles. The SMILES string of the molecule is Cc1ccc(C(=O)NN=Cc2ccc(OC(=O)c3ccccc3C)cc2)cc1. The van der Waals surface area contributed by atoms with Crippen molar-refractivity contribution in [3.05, 3.63) is 101 Å². The fourth-order valence-corrected chi connectivity index (χ4v) is 2.52. The highest BCUT2D eigenvalue weighted by atomic mass is 16.5. The molecule has 0 heterocycles. The van der Waals surface area contributed by atoms with Gasteiger partial charge in [0.1, 0.15) is 5.75 Å². The van der Waals surface area contributed by atoms with Crippen molar-refractivity contribution in [2.75, 3.05) is 0 Å². The van der Waals surface area contributed by atoms with Crippen molar-refractivity contribution in [2.24, 2.45) is 5.10 Å². The number of ether oxygens (including phenoxy) is 1. The molecule has 0 spiro atoms. The van der Waals surface area contributed by atoms with E-state index < -0.39 is 5.97 Å². The smallest absolute Gasteiger partial charge is 0.343 e. The molecule has 0 fully saturated rings. The van der Waals surface area contributed by atoms with Crippen LogP contribution in [0.1, 0.15) is 37.4 Å². The molecule has 3 rings (SSSR count). The summed E-state index contributed by atoms with van der Waals surface area (Å²) in [7, 11) is 0. The van der Waals surface area contributed by atoms with Crippen molar-refractivity contribution in [3.8, 4) is 5.75 Å². The van der Waals surface area contributed by atoms with Crippen LogP contribution in [0.5, 0.6) is 5.75 Å². The summed E-state index contributed by atoms with van der Waals surface area (Å²) in [6.07, 6.45) is 1.53. The maximum Gasteiger partial charge on any atom is 0.343 e. The predicted molar refractivity (Wildman–Crippen MR) is 109 cm³/mol. The van der Waals surface area contributed by atoms with E-state index in [0.29, 0.717) is 16.9 Å². The number of esters is 1. The zero-order chi connectivity index (χ0) is 19.9. The van der Waals surface area contributed by atoms with Crippen molar-refractivity contribution < 1.29 is 14.3 Å². The Morgan fingerprint density at radius 2 is 1.57 bits per heavy atom. The number of hydrogen-bond donors (Lipinski definition) is 1. The third-order valence-electron chi connectivity index (χ3n) is 4.15. The van der Waals surface area contributed by atoms with Crippen LogP contribution in [0.2, 0.25) is 0 Å². The van der Waals surface area contributed by atoms with Gasteiger partial charge in [-0.3, -0.25) is 4.79 Å². The number of hydrazone groups is 1. The largest absolute Gasteiger partial charge is 0.423 e. The van der Waals surface area contributed by atoms with Crippen molar-refractivity contribution in [2.45, 2.75) is 13.8 Å². The molecule has 0 aliphatic rings. The average molecular weight is 372 g/mol. The Balaban J connectivity index is 1.57. The Labute approximate surface area is 163 Å². The highest BCUT2D eigenvalue weighted by Gasteiger charge is 2.10. The molecule has 0 saturated heterocycles. The fraction of sp³-hybridized carbons (Fsp3) is 0.0870. The lowest BCUT2D eigenvalue weighted by Crippen LogP contribution is -2.17. The Hall–Kier alpha value is -3.73. The lowest BCUT2D eigenvalue weighted by atomic mass is 10.1. The number of nitrogens with one attached hydrogen (secondary N) is 1. The monoisotopic (exact) mass is 372 g/mol. The molecule has 5 nitrogen and oxygen atoms in total. The van der Waals surface area contributed by atoms with Gasteiger partial charge in [-0.05, 0) is 67.4 Å². The standard InChI is InChI=1S/C23H20N2O3/c1-16-7-11-19(12-8-16)22(26)25-24-15-18-9-13-20(14-10-18)28-23(27)21-6-4-3-5-17(21)2/h3-15H,1-2H3,(H,25,26). The summed E-state index contributed by atoms with van der Waals surface area (Å²) in [5.41, 5.74) is 6.28. The van der Waals surface area contributed by atoms with Gasteiger partial charge in [0.2, 0.25) is 0 Å². The van der Waals surface area contributed by atoms with Crippen molar-refractivity contribution in [1.82, 2.24) is 5.43 Å². The summed E-state index contributed by atoms with van der Waals surface area (Å²) in [6.45, 7) is 3.82. The molecule has 0 aliphatic carbocycles. The van der Waals surface area contributed by atoms with Gasteiger partial charge >= 0.3 is 5.97 Å². The van der Waals surface area contributed by atoms with E-state index >= 15 is 0 Å². The molecule has 5 heteroatoms. The van der Waals surface area contributed by atoms with Crippen LogP contribution in [0.25, 0.3) is 0 Å². The van der Waals surface area contributed by atoms with Gasteiger partial charge in [-0.2, -0.15) is 5.10 Å². The summed E-state index contributed by atoms with van der Waals surface area (Å²) >= 11 is 0. The van der Waals surface area contributed by atoms with E-state index in [2.05, 4.69) is 10.5 Å². The number of hydrogen-bond acceptors (Lipinski definition) is 4. The zero-order valence-corrected chi connectivity index (χ0v) is 15.7. The fourth-order valence-electron chi connectivity index (χ4n) is 2.52. The van der Waals surface area contributed by atoms with Crippen molar-refractivity contribution in [3.63, 3.8) is 0 Å². The molecule has 1 N–H and O–H groups in total. The Morgan fingerprint density at radius 3 is 2.25 bits per heavy atom. The molecule has 140 valence electrons. The number of carbonyl (C=O) groups excluding carboxylic acids is 2. The van der Waals surface area contributed by atoms with E-state index in [1.54, 1.807) is 48.5 Å². The van der Waals surface area contributed by atoms with Crippen molar-refractivity contribution in [1.29, 1.82) is 0 Å². The normalized spacial score (nSPS) is 10.6. The van der Waals surface area contributed by atoms with E-state index in [0.717, 1.165) is 16.7 Å². The van der Waals surface area contributed by atoms with Gasteiger partial charge in [0, 0.05) is 5.56 Å².